The van der Waals surface area contributed by atoms with Crippen molar-refractivity contribution in [1.29, 1.82) is 0 Å². The molecule has 0 atom stereocenters. The van der Waals surface area contributed by atoms with Crippen LogP contribution in [0.15, 0.2) is 66.1 Å². The second-order valence-corrected chi connectivity index (χ2v) is 5.64. The molecule has 0 radical (unpaired) electrons. The molecule has 3 nitrogen and oxygen atoms in total. The van der Waals surface area contributed by atoms with E-state index in [0.717, 1.165) is 27.9 Å². The minimum atomic E-state index is -0.255. The largest absolute Gasteiger partial charge is 0.497 e. The number of hydrogen-bond acceptors (Lipinski definition) is 3. The fraction of sp³-hybridized carbons (Fsp3) is 0.118. The van der Waals surface area contributed by atoms with Gasteiger partial charge in [-0.15, -0.1) is 0 Å². The van der Waals surface area contributed by atoms with E-state index >= 15 is 0 Å². The minimum absolute atomic E-state index is 0.255. The molecule has 0 spiro atoms. The van der Waals surface area contributed by atoms with Gasteiger partial charge in [0.2, 0.25) is 0 Å². The molecule has 0 fully saturated rings. The average Bonchev–Trinajstić information content (AvgIpc) is 3.02. The summed E-state index contributed by atoms with van der Waals surface area (Å²) in [5, 5.41) is 0.827. The van der Waals surface area contributed by atoms with E-state index in [1.54, 1.807) is 31.1 Å². The Morgan fingerprint density at radius 2 is 2.05 bits per heavy atom. The van der Waals surface area contributed by atoms with E-state index < -0.39 is 0 Å². The van der Waals surface area contributed by atoms with E-state index in [-0.39, 0.29) is 5.82 Å². The smallest absolute Gasteiger partial charge is 0.172 e. The number of methoxy groups -OCH3 is 1. The molecule has 5 heteroatoms. The van der Waals surface area contributed by atoms with Gasteiger partial charge >= 0.3 is 0 Å². The Hall–Kier alpha value is -2.27. The molecule has 0 amide bonds. The predicted octanol–water partition coefficient (Wildman–Crippen LogP) is 4.31. The molecule has 0 aliphatic heterocycles. The number of hydrogen-bond donors (Lipinski definition) is 0. The number of aromatic nitrogens is 2. The van der Waals surface area contributed by atoms with Gasteiger partial charge in [-0.1, -0.05) is 30.0 Å². The molecule has 2 aromatic carbocycles. The van der Waals surface area contributed by atoms with E-state index in [4.69, 9.17) is 4.74 Å². The van der Waals surface area contributed by atoms with E-state index in [1.165, 1.54) is 12.1 Å². The Bertz CT molecular complexity index is 773. The van der Waals surface area contributed by atoms with Gasteiger partial charge in [-0.25, -0.2) is 9.37 Å². The van der Waals surface area contributed by atoms with Gasteiger partial charge < -0.3 is 4.74 Å². The van der Waals surface area contributed by atoms with Gasteiger partial charge in [0.25, 0.3) is 0 Å². The van der Waals surface area contributed by atoms with E-state index in [1.807, 2.05) is 41.1 Å². The van der Waals surface area contributed by atoms with Crippen LogP contribution in [-0.4, -0.2) is 16.7 Å². The summed E-state index contributed by atoms with van der Waals surface area (Å²) >= 11 is 1.60. The van der Waals surface area contributed by atoms with Crippen LogP contribution in [0.3, 0.4) is 0 Å². The van der Waals surface area contributed by atoms with Gasteiger partial charge in [0.05, 0.1) is 12.8 Å². The van der Waals surface area contributed by atoms with Gasteiger partial charge in [0, 0.05) is 18.1 Å². The Balaban J connectivity index is 1.78. The maximum atomic E-state index is 13.4. The molecule has 0 unspecified atom stereocenters. The SMILES string of the molecule is COc1cccc(CSc2nccn2-c2cccc(F)c2)c1. The summed E-state index contributed by atoms with van der Waals surface area (Å²) in [5.41, 5.74) is 1.92. The Morgan fingerprint density at radius 1 is 1.18 bits per heavy atom. The molecule has 0 saturated carbocycles. The molecular weight excluding hydrogens is 299 g/mol. The number of thioether (sulfide) groups is 1. The van der Waals surface area contributed by atoms with Crippen LogP contribution in [0.25, 0.3) is 5.69 Å². The van der Waals surface area contributed by atoms with Gasteiger partial charge in [-0.05, 0) is 35.9 Å². The molecule has 22 heavy (non-hydrogen) atoms. The lowest BCUT2D eigenvalue weighted by atomic mass is 10.2. The molecule has 0 N–H and O–H groups in total. The Labute approximate surface area is 132 Å². The maximum Gasteiger partial charge on any atom is 0.172 e. The van der Waals surface area contributed by atoms with Crippen LogP contribution in [-0.2, 0) is 5.75 Å². The second-order valence-electron chi connectivity index (χ2n) is 4.70. The van der Waals surface area contributed by atoms with Crippen LogP contribution in [0, 0.1) is 5.82 Å². The van der Waals surface area contributed by atoms with Crippen LogP contribution in [0.2, 0.25) is 0 Å². The summed E-state index contributed by atoms with van der Waals surface area (Å²) in [7, 11) is 1.66. The lowest BCUT2D eigenvalue weighted by Crippen LogP contribution is -1.96. The van der Waals surface area contributed by atoms with Gasteiger partial charge in [-0.2, -0.15) is 0 Å². The first-order valence-electron chi connectivity index (χ1n) is 6.81. The zero-order chi connectivity index (χ0) is 15.4. The first kappa shape index (κ1) is 14.7. The molecule has 3 rings (SSSR count). The summed E-state index contributed by atoms with van der Waals surface area (Å²) in [6, 6.07) is 14.4. The van der Waals surface area contributed by atoms with Crippen LogP contribution in [0.5, 0.6) is 5.75 Å². The van der Waals surface area contributed by atoms with Crippen LogP contribution < -0.4 is 4.74 Å². The van der Waals surface area contributed by atoms with Crippen molar-refractivity contribution in [2.75, 3.05) is 7.11 Å². The molecule has 1 heterocycles. The zero-order valence-electron chi connectivity index (χ0n) is 12.1. The highest BCUT2D eigenvalue weighted by molar-refractivity contribution is 7.98. The lowest BCUT2D eigenvalue weighted by molar-refractivity contribution is 0.414. The molecule has 0 aliphatic carbocycles. The fourth-order valence-corrected chi connectivity index (χ4v) is 3.05. The summed E-state index contributed by atoms with van der Waals surface area (Å²) in [6.45, 7) is 0. The number of ether oxygens (including phenoxy) is 1. The fourth-order valence-electron chi connectivity index (χ4n) is 2.13. The third-order valence-corrected chi connectivity index (χ3v) is 4.23. The van der Waals surface area contributed by atoms with Crippen molar-refractivity contribution >= 4 is 11.8 Å². The van der Waals surface area contributed by atoms with Crippen molar-refractivity contribution in [3.8, 4) is 11.4 Å². The highest BCUT2D eigenvalue weighted by atomic mass is 32.2. The third kappa shape index (κ3) is 3.31. The summed E-state index contributed by atoms with van der Waals surface area (Å²) in [4.78, 5) is 4.35. The van der Waals surface area contributed by atoms with Crippen molar-refractivity contribution < 1.29 is 9.13 Å². The number of halogens is 1. The lowest BCUT2D eigenvalue weighted by Gasteiger charge is -2.08. The van der Waals surface area contributed by atoms with Gasteiger partial charge in [0.1, 0.15) is 11.6 Å². The number of imidazole rings is 1. The van der Waals surface area contributed by atoms with Crippen LogP contribution >= 0.6 is 11.8 Å². The first-order valence-corrected chi connectivity index (χ1v) is 7.80. The Morgan fingerprint density at radius 3 is 2.86 bits per heavy atom. The van der Waals surface area contributed by atoms with Crippen molar-refractivity contribution in [3.63, 3.8) is 0 Å². The summed E-state index contributed by atoms with van der Waals surface area (Å²) in [5.74, 6) is 1.35. The minimum Gasteiger partial charge on any atom is -0.497 e. The summed E-state index contributed by atoms with van der Waals surface area (Å²) in [6.07, 6.45) is 3.56. The normalized spacial score (nSPS) is 10.6. The van der Waals surface area contributed by atoms with Gasteiger partial charge in [-0.3, -0.25) is 4.57 Å². The highest BCUT2D eigenvalue weighted by Gasteiger charge is 2.07. The molecule has 3 aromatic rings. The average molecular weight is 314 g/mol. The maximum absolute atomic E-state index is 13.4. The number of benzene rings is 2. The predicted molar refractivity (Wildman–Crippen MR) is 86.1 cm³/mol. The van der Waals surface area contributed by atoms with E-state index in [9.17, 15) is 4.39 Å². The monoisotopic (exact) mass is 314 g/mol. The van der Waals surface area contributed by atoms with Crippen molar-refractivity contribution in [2.45, 2.75) is 10.9 Å². The molecule has 1 aromatic heterocycles. The second kappa shape index (κ2) is 6.66. The summed E-state index contributed by atoms with van der Waals surface area (Å²) < 4.78 is 20.5. The van der Waals surface area contributed by atoms with Crippen LogP contribution in [0.4, 0.5) is 4.39 Å². The molecule has 112 valence electrons. The van der Waals surface area contributed by atoms with Gasteiger partial charge in [0.15, 0.2) is 5.16 Å². The zero-order valence-corrected chi connectivity index (χ0v) is 12.9. The van der Waals surface area contributed by atoms with Crippen molar-refractivity contribution in [1.82, 2.24) is 9.55 Å². The number of rotatable bonds is 5. The molecule has 0 saturated heterocycles. The van der Waals surface area contributed by atoms with Crippen LogP contribution in [0.1, 0.15) is 5.56 Å². The molecule has 0 aliphatic rings. The quantitative estimate of drug-likeness (QED) is 0.657. The van der Waals surface area contributed by atoms with E-state index in [2.05, 4.69) is 4.98 Å². The highest BCUT2D eigenvalue weighted by Crippen LogP contribution is 2.25. The molecule has 0 bridgehead atoms. The third-order valence-electron chi connectivity index (χ3n) is 3.20. The number of nitrogens with zero attached hydrogens (tertiary/aromatic N) is 2. The Kier molecular flexibility index (Phi) is 4.44. The van der Waals surface area contributed by atoms with Crippen molar-refractivity contribution in [2.24, 2.45) is 0 Å². The van der Waals surface area contributed by atoms with E-state index in [0.29, 0.717) is 0 Å². The standard InChI is InChI=1S/C17H15FN2OS/c1-21-16-7-2-4-13(10-16)12-22-17-19-8-9-20(17)15-6-3-5-14(18)11-15/h2-11H,12H2,1H3. The first-order chi connectivity index (χ1) is 10.8. The molecular formula is C17H15FN2OS. The topological polar surface area (TPSA) is 27.1 Å². The van der Waals surface area contributed by atoms with Crippen molar-refractivity contribution in [3.05, 3.63) is 72.3 Å².